The van der Waals surface area contributed by atoms with Crippen molar-refractivity contribution < 1.29 is 62.6 Å². The molecule has 0 amide bonds. The fourth-order valence-electron chi connectivity index (χ4n) is 2.17. The van der Waals surface area contributed by atoms with Crippen LogP contribution < -0.4 is 28.5 Å². The maximum absolute atomic E-state index is 16.0. The van der Waals surface area contributed by atoms with Crippen molar-refractivity contribution in [3.63, 3.8) is 0 Å². The van der Waals surface area contributed by atoms with Crippen molar-refractivity contribution in [2.45, 2.75) is 3.26 Å². The third-order valence-electron chi connectivity index (χ3n) is 3.50. The standard InChI is InChI=1S/C17H19F3IO7S/c1-25-11-27-15-7-3-13(4-8-15)21(20,17(18,19)29(22,23)24)14-5-9-16(10-6-14)28-12-26-2/h3-10H,11-12H2,1-2H3,(H,22,23,24)/q-1/p-1. The van der Waals surface area contributed by atoms with Gasteiger partial charge >= 0.3 is 171 Å². The number of hydrogen-bond donors (Lipinski definition) is 0. The van der Waals surface area contributed by atoms with Crippen LogP contribution in [0.2, 0.25) is 0 Å². The van der Waals surface area contributed by atoms with Crippen molar-refractivity contribution in [3.8, 4) is 11.5 Å². The molecule has 0 N–H and O–H groups in total. The SMILES string of the molecule is COCOc1ccc([I-](F)(c2ccc(OCOC)cc2)C(F)(F)S(=O)(=O)[O-])cc1. The van der Waals surface area contributed by atoms with Gasteiger partial charge in [0.25, 0.3) is 0 Å². The van der Waals surface area contributed by atoms with E-state index in [1.165, 1.54) is 38.5 Å². The first kappa shape index (κ1) is 23.7. The van der Waals surface area contributed by atoms with Crippen molar-refractivity contribution >= 4 is 10.1 Å². The molecule has 0 atom stereocenters. The molecule has 12 heteroatoms. The van der Waals surface area contributed by atoms with Gasteiger partial charge in [0, 0.05) is 0 Å². The summed E-state index contributed by atoms with van der Waals surface area (Å²) in [5.41, 5.74) is 0. The Balaban J connectivity index is 2.55. The zero-order valence-corrected chi connectivity index (χ0v) is 18.3. The Hall–Kier alpha value is -1.61. The van der Waals surface area contributed by atoms with Crippen molar-refractivity contribution in [1.82, 2.24) is 0 Å². The van der Waals surface area contributed by atoms with Crippen LogP contribution in [-0.2, 0) is 19.6 Å². The predicted octanol–water partition coefficient (Wildman–Crippen LogP) is -0.168. The van der Waals surface area contributed by atoms with Gasteiger partial charge in [-0.15, -0.1) is 0 Å². The molecule has 29 heavy (non-hydrogen) atoms. The summed E-state index contributed by atoms with van der Waals surface area (Å²) in [5, 5.41) is 0. The van der Waals surface area contributed by atoms with Gasteiger partial charge in [-0.25, -0.2) is 0 Å². The molecule has 2 aromatic carbocycles. The Kier molecular flexibility index (Phi) is 7.73. The molecular formula is C17H18F3IO7S-2. The monoisotopic (exact) mass is 550 g/mol. The van der Waals surface area contributed by atoms with Gasteiger partial charge in [-0.1, -0.05) is 0 Å². The van der Waals surface area contributed by atoms with Crippen LogP contribution in [0, 0.1) is 7.14 Å². The van der Waals surface area contributed by atoms with E-state index in [4.69, 9.17) is 18.9 Å². The fourth-order valence-corrected chi connectivity index (χ4v) is 10.7. The van der Waals surface area contributed by atoms with E-state index in [-0.39, 0.29) is 25.1 Å². The molecule has 7 nitrogen and oxygen atoms in total. The van der Waals surface area contributed by atoms with Gasteiger partial charge in [-0.3, -0.25) is 0 Å². The van der Waals surface area contributed by atoms with Gasteiger partial charge in [-0.05, 0) is 0 Å². The van der Waals surface area contributed by atoms with Crippen LogP contribution >= 0.6 is 0 Å². The summed E-state index contributed by atoms with van der Waals surface area (Å²) in [5.74, 6) is 0.381. The molecule has 0 saturated heterocycles. The van der Waals surface area contributed by atoms with E-state index in [2.05, 4.69) is 0 Å². The third-order valence-corrected chi connectivity index (χ3v) is 13.7. The molecule has 0 radical (unpaired) electrons. The van der Waals surface area contributed by atoms with Gasteiger partial charge in [0.1, 0.15) is 0 Å². The first-order valence-electron chi connectivity index (χ1n) is 7.81. The van der Waals surface area contributed by atoms with E-state index in [9.17, 15) is 21.8 Å². The van der Waals surface area contributed by atoms with E-state index >= 15 is 2.86 Å². The van der Waals surface area contributed by atoms with E-state index in [1.54, 1.807) is 0 Å². The number of halogens is 4. The Morgan fingerprint density at radius 3 is 1.48 bits per heavy atom. The summed E-state index contributed by atoms with van der Waals surface area (Å²) in [4.78, 5) is 0. The third kappa shape index (κ3) is 4.94. The van der Waals surface area contributed by atoms with E-state index in [0.717, 1.165) is 24.3 Å². The van der Waals surface area contributed by atoms with Crippen molar-refractivity contribution in [2.75, 3.05) is 27.8 Å². The summed E-state index contributed by atoms with van der Waals surface area (Å²) in [6, 6.07) is 8.69. The number of methoxy groups -OCH3 is 2. The van der Waals surface area contributed by atoms with Crippen LogP contribution in [0.3, 0.4) is 0 Å². The molecular weight excluding hydrogens is 532 g/mol. The van der Waals surface area contributed by atoms with Crippen LogP contribution in [0.5, 0.6) is 11.5 Å². The number of alkyl halides is 3. The summed E-state index contributed by atoms with van der Waals surface area (Å²) in [6.07, 6.45) is 0. The second kappa shape index (κ2) is 9.47. The number of rotatable bonds is 10. The molecule has 0 aliphatic heterocycles. The van der Waals surface area contributed by atoms with Crippen LogP contribution in [0.4, 0.5) is 11.6 Å². The van der Waals surface area contributed by atoms with E-state index in [0.29, 0.717) is 0 Å². The van der Waals surface area contributed by atoms with Crippen molar-refractivity contribution in [3.05, 3.63) is 55.7 Å². The van der Waals surface area contributed by atoms with Gasteiger partial charge < -0.3 is 0 Å². The van der Waals surface area contributed by atoms with Crippen LogP contribution in [0.1, 0.15) is 0 Å². The zero-order valence-electron chi connectivity index (χ0n) is 15.3. The Morgan fingerprint density at radius 1 is 0.862 bits per heavy atom. The molecule has 164 valence electrons. The molecule has 0 aliphatic carbocycles. The molecule has 0 aromatic heterocycles. The number of benzene rings is 2. The molecule has 0 aliphatic rings. The zero-order chi connectivity index (χ0) is 21.7. The van der Waals surface area contributed by atoms with Crippen LogP contribution in [0.15, 0.2) is 48.5 Å². The molecule has 0 bridgehead atoms. The Bertz CT molecular complexity index is 854. The molecule has 0 unspecified atom stereocenters. The summed E-state index contributed by atoms with van der Waals surface area (Å²) in [6.45, 7) is -0.260. The first-order valence-corrected chi connectivity index (χ1v) is 13.3. The second-order valence-corrected chi connectivity index (χ2v) is 14.2. The number of hydrogen-bond acceptors (Lipinski definition) is 7. The number of ether oxygens (including phenoxy) is 4. The molecule has 0 saturated carbocycles. The average Bonchev–Trinajstić information content (AvgIpc) is 2.70. The van der Waals surface area contributed by atoms with E-state index < -0.39 is 39.5 Å². The van der Waals surface area contributed by atoms with Crippen LogP contribution in [-0.4, -0.2) is 44.0 Å². The van der Waals surface area contributed by atoms with Crippen LogP contribution in [0.25, 0.3) is 0 Å². The topological polar surface area (TPSA) is 94.1 Å². The quantitative estimate of drug-likeness (QED) is 0.176. The molecule has 0 spiro atoms. The van der Waals surface area contributed by atoms with Gasteiger partial charge in [-0.2, -0.15) is 0 Å². The van der Waals surface area contributed by atoms with Crippen molar-refractivity contribution in [1.29, 1.82) is 0 Å². The fraction of sp³-hybridized carbons (Fsp3) is 0.294. The summed E-state index contributed by atoms with van der Waals surface area (Å²) in [7, 11) is -3.54. The first-order chi connectivity index (χ1) is 13.6. The Morgan fingerprint density at radius 2 is 1.21 bits per heavy atom. The van der Waals surface area contributed by atoms with Gasteiger partial charge in [0.05, 0.1) is 0 Å². The van der Waals surface area contributed by atoms with Gasteiger partial charge in [0.2, 0.25) is 0 Å². The second-order valence-electron chi connectivity index (χ2n) is 5.41. The molecule has 0 heterocycles. The average molecular weight is 550 g/mol. The normalized spacial score (nSPS) is 13.2. The maximum atomic E-state index is 16.0. The van der Waals surface area contributed by atoms with Gasteiger partial charge in [0.15, 0.2) is 0 Å². The van der Waals surface area contributed by atoms with Crippen molar-refractivity contribution in [2.24, 2.45) is 0 Å². The minimum atomic E-state index is -6.45. The molecule has 2 aromatic rings. The molecule has 2 rings (SSSR count). The Labute approximate surface area is 170 Å². The molecule has 0 fully saturated rings. The summed E-state index contributed by atoms with van der Waals surface area (Å²) >= 11 is -6.45. The predicted molar refractivity (Wildman–Crippen MR) is 91.0 cm³/mol. The summed E-state index contributed by atoms with van der Waals surface area (Å²) < 4.78 is 92.5. The van der Waals surface area contributed by atoms with E-state index in [1.807, 2.05) is 0 Å². The minimum absolute atomic E-state index is 0.130.